The number of hydrogen-bond donors (Lipinski definition) is 1. The van der Waals surface area contributed by atoms with Crippen molar-refractivity contribution < 1.29 is 12.8 Å². The zero-order chi connectivity index (χ0) is 23.3. The summed E-state index contributed by atoms with van der Waals surface area (Å²) in [4.78, 5) is 0.155. The van der Waals surface area contributed by atoms with Crippen molar-refractivity contribution in [1.29, 1.82) is 0 Å². The predicted octanol–water partition coefficient (Wildman–Crippen LogP) is 4.96. The van der Waals surface area contributed by atoms with Crippen molar-refractivity contribution in [2.24, 2.45) is 0 Å². The van der Waals surface area contributed by atoms with E-state index in [0.717, 1.165) is 48.0 Å². The first-order chi connectivity index (χ1) is 16.5. The van der Waals surface area contributed by atoms with Crippen molar-refractivity contribution >= 4 is 31.8 Å². The Balaban J connectivity index is 1.54. The lowest BCUT2D eigenvalue weighted by Gasteiger charge is -2.23. The van der Waals surface area contributed by atoms with E-state index in [4.69, 9.17) is 0 Å². The van der Waals surface area contributed by atoms with Crippen LogP contribution in [0.5, 0.6) is 0 Å². The highest BCUT2D eigenvalue weighted by atomic mass is 32.2. The molecule has 1 aliphatic rings. The van der Waals surface area contributed by atoms with Crippen LogP contribution in [0.15, 0.2) is 84.0 Å². The number of rotatable bonds is 4. The minimum absolute atomic E-state index is 0.155. The summed E-state index contributed by atoms with van der Waals surface area (Å²) in [5, 5.41) is 9.75. The Morgan fingerprint density at radius 2 is 1.74 bits per heavy atom. The van der Waals surface area contributed by atoms with Gasteiger partial charge in [-0.05, 0) is 67.9 Å². The van der Waals surface area contributed by atoms with Crippen LogP contribution < -0.4 is 5.32 Å². The van der Waals surface area contributed by atoms with E-state index < -0.39 is 15.8 Å². The highest BCUT2D eigenvalue weighted by Gasteiger charge is 2.23. The van der Waals surface area contributed by atoms with E-state index >= 15 is 0 Å². The molecule has 0 amide bonds. The molecule has 0 radical (unpaired) electrons. The van der Waals surface area contributed by atoms with Crippen molar-refractivity contribution in [2.75, 3.05) is 13.1 Å². The van der Waals surface area contributed by atoms with Crippen LogP contribution in [0.25, 0.3) is 32.9 Å². The predicted molar refractivity (Wildman–Crippen MR) is 131 cm³/mol. The Kier molecular flexibility index (Phi) is 5.00. The first-order valence-electron chi connectivity index (χ1n) is 11.3. The lowest BCUT2D eigenvalue weighted by atomic mass is 10.0. The third kappa shape index (κ3) is 3.41. The summed E-state index contributed by atoms with van der Waals surface area (Å²) in [6, 6.07) is 18.8. The minimum Gasteiger partial charge on any atom is -0.317 e. The van der Waals surface area contributed by atoms with Crippen LogP contribution in [-0.2, 0) is 10.0 Å². The summed E-state index contributed by atoms with van der Waals surface area (Å²) in [5.74, 6) is -0.485. The molecule has 6 rings (SSSR count). The first kappa shape index (κ1) is 21.1. The largest absolute Gasteiger partial charge is 0.317 e. The molecule has 1 N–H and O–H groups in total. The molecule has 0 saturated carbocycles. The SMILES string of the molecule is O=S(=O)(c1ccccc1)n1cc(-c2ccc3cnn(C4CCNCC4)c3c2)c2ccc(F)cc21. The number of hydrogen-bond acceptors (Lipinski definition) is 4. The highest BCUT2D eigenvalue weighted by Crippen LogP contribution is 2.35. The van der Waals surface area contributed by atoms with Gasteiger partial charge in [0.2, 0.25) is 0 Å². The lowest BCUT2D eigenvalue weighted by molar-refractivity contribution is 0.351. The van der Waals surface area contributed by atoms with Gasteiger partial charge in [-0.1, -0.05) is 30.3 Å². The molecule has 172 valence electrons. The van der Waals surface area contributed by atoms with E-state index in [1.165, 1.54) is 16.1 Å². The van der Waals surface area contributed by atoms with Gasteiger partial charge in [0.05, 0.1) is 28.2 Å². The second kappa shape index (κ2) is 8.07. The van der Waals surface area contributed by atoms with Gasteiger partial charge in [-0.3, -0.25) is 4.68 Å². The molecule has 2 aromatic heterocycles. The van der Waals surface area contributed by atoms with Crippen LogP contribution in [0.3, 0.4) is 0 Å². The summed E-state index contributed by atoms with van der Waals surface area (Å²) in [5.41, 5.74) is 2.92. The zero-order valence-electron chi connectivity index (χ0n) is 18.4. The molecule has 6 nitrogen and oxygen atoms in total. The van der Waals surface area contributed by atoms with Crippen molar-refractivity contribution in [3.8, 4) is 11.1 Å². The molecule has 0 spiro atoms. The van der Waals surface area contributed by atoms with Crippen LogP contribution in [0.2, 0.25) is 0 Å². The van der Waals surface area contributed by atoms with E-state index in [2.05, 4.69) is 21.2 Å². The second-order valence-corrected chi connectivity index (χ2v) is 10.5. The van der Waals surface area contributed by atoms with E-state index in [0.29, 0.717) is 16.9 Å². The van der Waals surface area contributed by atoms with E-state index in [1.807, 2.05) is 18.3 Å². The van der Waals surface area contributed by atoms with Crippen LogP contribution in [0, 0.1) is 5.82 Å². The topological polar surface area (TPSA) is 68.9 Å². The van der Waals surface area contributed by atoms with Gasteiger partial charge < -0.3 is 5.32 Å². The van der Waals surface area contributed by atoms with Gasteiger partial charge in [-0.25, -0.2) is 16.8 Å². The Hall–Kier alpha value is -3.49. The quantitative estimate of drug-likeness (QED) is 0.400. The Morgan fingerprint density at radius 1 is 0.941 bits per heavy atom. The zero-order valence-corrected chi connectivity index (χ0v) is 19.2. The molecule has 1 aliphatic heterocycles. The maximum Gasteiger partial charge on any atom is 0.268 e. The standard InChI is InChI=1S/C26H23FN4O2S/c27-20-8-9-23-24(17-30(26(23)15-20)34(32,33)22-4-2-1-3-5-22)18-6-7-19-16-29-31(25(19)14-18)21-10-12-28-13-11-21/h1-9,14-17,21,28H,10-13H2. The molecular weight excluding hydrogens is 451 g/mol. The third-order valence-corrected chi connectivity index (χ3v) is 8.29. The van der Waals surface area contributed by atoms with Crippen molar-refractivity contribution in [2.45, 2.75) is 23.8 Å². The number of benzene rings is 3. The fraction of sp³-hybridized carbons (Fsp3) is 0.192. The molecule has 0 atom stereocenters. The minimum atomic E-state index is -3.90. The first-order valence-corrected chi connectivity index (χ1v) is 12.8. The normalized spacial score (nSPS) is 15.3. The maximum absolute atomic E-state index is 14.2. The van der Waals surface area contributed by atoms with Crippen LogP contribution in [0.1, 0.15) is 18.9 Å². The average Bonchev–Trinajstić information content (AvgIpc) is 3.46. The Bertz CT molecular complexity index is 1620. The van der Waals surface area contributed by atoms with Gasteiger partial charge >= 0.3 is 0 Å². The van der Waals surface area contributed by atoms with Crippen molar-refractivity contribution in [3.63, 3.8) is 0 Å². The molecule has 3 heterocycles. The van der Waals surface area contributed by atoms with Gasteiger partial charge in [0.15, 0.2) is 0 Å². The average molecular weight is 475 g/mol. The van der Waals surface area contributed by atoms with Gasteiger partial charge in [-0.2, -0.15) is 5.10 Å². The fourth-order valence-corrected chi connectivity index (χ4v) is 6.24. The maximum atomic E-state index is 14.2. The van der Waals surface area contributed by atoms with E-state index in [9.17, 15) is 12.8 Å². The molecule has 0 bridgehead atoms. The number of fused-ring (bicyclic) bond motifs is 2. The van der Waals surface area contributed by atoms with Crippen molar-refractivity contribution in [1.82, 2.24) is 19.1 Å². The molecule has 0 unspecified atom stereocenters. The number of aromatic nitrogens is 3. The molecule has 34 heavy (non-hydrogen) atoms. The summed E-state index contributed by atoms with van der Waals surface area (Å²) in [6.07, 6.45) is 5.49. The fourth-order valence-electron chi connectivity index (χ4n) is 4.85. The van der Waals surface area contributed by atoms with E-state index in [1.54, 1.807) is 42.6 Å². The monoisotopic (exact) mass is 474 g/mol. The molecular formula is C26H23FN4O2S. The van der Waals surface area contributed by atoms with Crippen LogP contribution >= 0.6 is 0 Å². The molecule has 0 aliphatic carbocycles. The van der Waals surface area contributed by atoms with Gasteiger partial charge in [0, 0.05) is 22.5 Å². The number of nitrogens with zero attached hydrogens (tertiary/aromatic N) is 3. The summed E-state index contributed by atoms with van der Waals surface area (Å²) < 4.78 is 44.4. The van der Waals surface area contributed by atoms with Crippen LogP contribution in [0.4, 0.5) is 4.39 Å². The van der Waals surface area contributed by atoms with Crippen LogP contribution in [-0.4, -0.2) is 35.3 Å². The molecule has 1 saturated heterocycles. The Labute approximate surface area is 196 Å². The number of halogens is 1. The Morgan fingerprint density at radius 3 is 2.53 bits per heavy atom. The number of nitrogens with one attached hydrogen (secondary N) is 1. The summed E-state index contributed by atoms with van der Waals surface area (Å²) in [6.45, 7) is 1.92. The molecule has 5 aromatic rings. The van der Waals surface area contributed by atoms with Gasteiger partial charge in [0.1, 0.15) is 5.82 Å². The van der Waals surface area contributed by atoms with Gasteiger partial charge in [0.25, 0.3) is 10.0 Å². The molecule has 1 fully saturated rings. The van der Waals surface area contributed by atoms with Crippen molar-refractivity contribution in [3.05, 3.63) is 84.9 Å². The smallest absolute Gasteiger partial charge is 0.268 e. The molecule has 8 heteroatoms. The lowest BCUT2D eigenvalue weighted by Crippen LogP contribution is -2.29. The molecule has 3 aromatic carbocycles. The second-order valence-electron chi connectivity index (χ2n) is 8.66. The third-order valence-electron chi connectivity index (χ3n) is 6.60. The summed E-state index contributed by atoms with van der Waals surface area (Å²) in [7, 11) is -3.90. The summed E-state index contributed by atoms with van der Waals surface area (Å²) >= 11 is 0. The van der Waals surface area contributed by atoms with E-state index in [-0.39, 0.29) is 4.90 Å². The number of piperidine rings is 1. The highest BCUT2D eigenvalue weighted by molar-refractivity contribution is 7.90. The van der Waals surface area contributed by atoms with Gasteiger partial charge in [-0.15, -0.1) is 0 Å².